The Hall–Kier alpha value is -1.68. The van der Waals surface area contributed by atoms with Gasteiger partial charge in [-0.25, -0.2) is 4.79 Å². The summed E-state index contributed by atoms with van der Waals surface area (Å²) in [5, 5.41) is 9.61. The molecule has 1 aromatic rings. The van der Waals surface area contributed by atoms with Gasteiger partial charge in [-0.05, 0) is 25.0 Å². The maximum atomic E-state index is 11.7. The molecule has 2 atom stereocenters. The number of aliphatic hydroxyl groups is 1. The number of hydrogen-bond acceptors (Lipinski definition) is 4. The minimum atomic E-state index is -1.17. The highest BCUT2D eigenvalue weighted by molar-refractivity contribution is 5.90. The molecule has 17 heavy (non-hydrogen) atoms. The summed E-state index contributed by atoms with van der Waals surface area (Å²) in [5.74, 6) is -0.744. The summed E-state index contributed by atoms with van der Waals surface area (Å²) in [4.78, 5) is 23.0. The van der Waals surface area contributed by atoms with Gasteiger partial charge in [0.1, 0.15) is 12.2 Å². The van der Waals surface area contributed by atoms with Gasteiger partial charge in [-0.2, -0.15) is 0 Å². The number of carbonyl (C=O) groups excluding carboxylic acids is 2. The standard InChI is InChI=1S/C13H14O4/c14-10-7-4-8-11(12(10)15)17-13(16)9-5-2-1-3-6-9/h1-3,5-6,11-12,15H,4,7-8H2/t11-,12-/m1/s1. The number of ether oxygens (including phenoxy) is 1. The van der Waals surface area contributed by atoms with E-state index in [2.05, 4.69) is 0 Å². The van der Waals surface area contributed by atoms with Gasteiger partial charge in [0.25, 0.3) is 0 Å². The maximum Gasteiger partial charge on any atom is 0.338 e. The molecular formula is C13H14O4. The van der Waals surface area contributed by atoms with Crippen LogP contribution in [0, 0.1) is 0 Å². The van der Waals surface area contributed by atoms with Crippen LogP contribution in [0.2, 0.25) is 0 Å². The van der Waals surface area contributed by atoms with Gasteiger partial charge in [-0.3, -0.25) is 4.79 Å². The molecule has 1 fully saturated rings. The van der Waals surface area contributed by atoms with E-state index < -0.39 is 18.2 Å². The molecule has 0 heterocycles. The molecular weight excluding hydrogens is 220 g/mol. The van der Waals surface area contributed by atoms with Crippen molar-refractivity contribution in [3.63, 3.8) is 0 Å². The first-order valence-electron chi connectivity index (χ1n) is 5.65. The Kier molecular flexibility index (Phi) is 3.54. The van der Waals surface area contributed by atoms with Gasteiger partial charge in [0.05, 0.1) is 5.56 Å². The zero-order valence-corrected chi connectivity index (χ0v) is 9.33. The maximum absolute atomic E-state index is 11.7. The summed E-state index contributed by atoms with van der Waals surface area (Å²) in [6.07, 6.45) is -0.324. The van der Waals surface area contributed by atoms with Gasteiger partial charge >= 0.3 is 5.97 Å². The lowest BCUT2D eigenvalue weighted by molar-refractivity contribution is -0.137. The molecule has 0 spiro atoms. The van der Waals surface area contributed by atoms with Crippen LogP contribution >= 0.6 is 0 Å². The van der Waals surface area contributed by atoms with E-state index in [1.165, 1.54) is 0 Å². The fourth-order valence-electron chi connectivity index (χ4n) is 1.89. The van der Waals surface area contributed by atoms with E-state index in [0.29, 0.717) is 24.8 Å². The van der Waals surface area contributed by atoms with E-state index in [1.807, 2.05) is 0 Å². The predicted molar refractivity (Wildman–Crippen MR) is 60.5 cm³/mol. The van der Waals surface area contributed by atoms with Crippen molar-refractivity contribution >= 4 is 11.8 Å². The van der Waals surface area contributed by atoms with Gasteiger partial charge in [0.2, 0.25) is 0 Å². The summed E-state index contributed by atoms with van der Waals surface area (Å²) >= 11 is 0. The lowest BCUT2D eigenvalue weighted by atomic mass is 9.93. The molecule has 1 saturated carbocycles. The lowest BCUT2D eigenvalue weighted by Gasteiger charge is -2.26. The molecule has 1 aliphatic carbocycles. The summed E-state index contributed by atoms with van der Waals surface area (Å²) in [5.41, 5.74) is 0.428. The lowest BCUT2D eigenvalue weighted by Crippen LogP contribution is -2.40. The number of esters is 1. The fourth-order valence-corrected chi connectivity index (χ4v) is 1.89. The second-order valence-corrected chi connectivity index (χ2v) is 4.11. The SMILES string of the molecule is O=C(O[C@@H]1CCCC(=O)[C@H]1O)c1ccccc1. The highest BCUT2D eigenvalue weighted by Gasteiger charge is 2.32. The molecule has 4 heteroatoms. The van der Waals surface area contributed by atoms with Crippen molar-refractivity contribution in [3.05, 3.63) is 35.9 Å². The number of benzene rings is 1. The predicted octanol–water partition coefficient (Wildman–Crippen LogP) is 1.33. The van der Waals surface area contributed by atoms with Crippen molar-refractivity contribution in [2.75, 3.05) is 0 Å². The van der Waals surface area contributed by atoms with Crippen LogP contribution in [0.25, 0.3) is 0 Å². The molecule has 2 rings (SSSR count). The minimum absolute atomic E-state index is 0.248. The molecule has 0 unspecified atom stereocenters. The number of ketones is 1. The Morgan fingerprint density at radius 1 is 1.29 bits per heavy atom. The molecule has 0 saturated heterocycles. The Labute approximate surface area is 99.2 Å². The summed E-state index contributed by atoms with van der Waals surface area (Å²) in [7, 11) is 0. The largest absolute Gasteiger partial charge is 0.456 e. The van der Waals surface area contributed by atoms with Crippen LogP contribution in [-0.2, 0) is 9.53 Å². The first-order valence-corrected chi connectivity index (χ1v) is 5.65. The fraction of sp³-hybridized carbons (Fsp3) is 0.385. The Morgan fingerprint density at radius 2 is 2.00 bits per heavy atom. The van der Waals surface area contributed by atoms with Crippen LogP contribution < -0.4 is 0 Å². The first kappa shape index (κ1) is 11.8. The summed E-state index contributed by atoms with van der Waals surface area (Å²) in [6.45, 7) is 0. The Bertz CT molecular complexity index is 413. The van der Waals surface area contributed by atoms with Crippen LogP contribution in [0.5, 0.6) is 0 Å². The zero-order valence-electron chi connectivity index (χ0n) is 9.33. The van der Waals surface area contributed by atoms with Crippen LogP contribution in [0.3, 0.4) is 0 Å². The van der Waals surface area contributed by atoms with Gasteiger partial charge in [0.15, 0.2) is 5.78 Å². The molecule has 0 aliphatic heterocycles. The number of Topliss-reactive ketones (excluding diaryl/α,β-unsaturated/α-hetero) is 1. The van der Waals surface area contributed by atoms with Crippen molar-refractivity contribution in [2.45, 2.75) is 31.5 Å². The van der Waals surface area contributed by atoms with E-state index >= 15 is 0 Å². The average Bonchev–Trinajstić information content (AvgIpc) is 2.36. The second kappa shape index (κ2) is 5.10. The molecule has 0 aromatic heterocycles. The number of hydrogen-bond donors (Lipinski definition) is 1. The monoisotopic (exact) mass is 234 g/mol. The van der Waals surface area contributed by atoms with Crippen LogP contribution in [0.15, 0.2) is 30.3 Å². The topological polar surface area (TPSA) is 63.6 Å². The molecule has 4 nitrogen and oxygen atoms in total. The van der Waals surface area contributed by atoms with Gasteiger partial charge < -0.3 is 9.84 Å². The third-order valence-corrected chi connectivity index (χ3v) is 2.86. The average molecular weight is 234 g/mol. The molecule has 90 valence electrons. The minimum Gasteiger partial charge on any atom is -0.456 e. The highest BCUT2D eigenvalue weighted by atomic mass is 16.6. The van der Waals surface area contributed by atoms with Crippen LogP contribution in [-0.4, -0.2) is 29.1 Å². The van der Waals surface area contributed by atoms with Crippen molar-refractivity contribution in [1.29, 1.82) is 0 Å². The smallest absolute Gasteiger partial charge is 0.338 e. The van der Waals surface area contributed by atoms with Gasteiger partial charge in [-0.1, -0.05) is 18.2 Å². The molecule has 0 amide bonds. The molecule has 1 aromatic carbocycles. The third kappa shape index (κ3) is 2.71. The normalized spacial score (nSPS) is 24.4. The van der Waals surface area contributed by atoms with Crippen molar-refractivity contribution < 1.29 is 19.4 Å². The van der Waals surface area contributed by atoms with Crippen molar-refractivity contribution in [3.8, 4) is 0 Å². The van der Waals surface area contributed by atoms with Gasteiger partial charge in [-0.15, -0.1) is 0 Å². The van der Waals surface area contributed by atoms with Crippen molar-refractivity contribution in [2.24, 2.45) is 0 Å². The number of aliphatic hydroxyl groups excluding tert-OH is 1. The van der Waals surface area contributed by atoms with E-state index in [0.717, 1.165) is 0 Å². The van der Waals surface area contributed by atoms with Crippen LogP contribution in [0.4, 0.5) is 0 Å². The van der Waals surface area contributed by atoms with E-state index in [1.54, 1.807) is 30.3 Å². The van der Waals surface area contributed by atoms with E-state index in [9.17, 15) is 14.7 Å². The van der Waals surface area contributed by atoms with Crippen molar-refractivity contribution in [1.82, 2.24) is 0 Å². The number of carbonyl (C=O) groups is 2. The first-order chi connectivity index (χ1) is 8.18. The third-order valence-electron chi connectivity index (χ3n) is 2.86. The highest BCUT2D eigenvalue weighted by Crippen LogP contribution is 2.19. The Balaban J connectivity index is 2.01. The molecule has 1 aliphatic rings. The van der Waals surface area contributed by atoms with E-state index in [4.69, 9.17) is 4.74 Å². The van der Waals surface area contributed by atoms with Gasteiger partial charge in [0, 0.05) is 6.42 Å². The summed E-state index contributed by atoms with van der Waals surface area (Å²) < 4.78 is 5.15. The van der Waals surface area contributed by atoms with Crippen LogP contribution in [0.1, 0.15) is 29.6 Å². The second-order valence-electron chi connectivity index (χ2n) is 4.11. The summed E-state index contributed by atoms with van der Waals surface area (Å²) in [6, 6.07) is 8.55. The molecule has 1 N–H and O–H groups in total. The zero-order chi connectivity index (χ0) is 12.3. The molecule has 0 radical (unpaired) electrons. The quantitative estimate of drug-likeness (QED) is 0.784. The number of rotatable bonds is 2. The van der Waals surface area contributed by atoms with E-state index in [-0.39, 0.29) is 5.78 Å². The Morgan fingerprint density at radius 3 is 2.71 bits per heavy atom. The molecule has 0 bridgehead atoms.